The van der Waals surface area contributed by atoms with Crippen LogP contribution in [0.1, 0.15) is 6.92 Å². The summed E-state index contributed by atoms with van der Waals surface area (Å²) in [4.78, 5) is 11.0. The first kappa shape index (κ1) is 30.8. The molecule has 0 aromatic carbocycles. The molecule has 194 valence electrons. The Balaban J connectivity index is 6.73. The maximum atomic E-state index is 13.6. The number of carbonyl (C=O) groups excluding carboxylic acids is 1. The maximum Gasteiger partial charge on any atom is 0.460 e. The zero-order chi connectivity index (χ0) is 27.4. The third-order valence-electron chi connectivity index (χ3n) is 3.64. The number of carbonyl (C=O) groups is 1. The summed E-state index contributed by atoms with van der Waals surface area (Å²) < 4.78 is 225. The molecule has 2 nitrogen and oxygen atoms in total. The van der Waals surface area contributed by atoms with Gasteiger partial charge in [0.2, 0.25) is 0 Å². The highest BCUT2D eigenvalue weighted by atomic mass is 19.4. The lowest BCUT2D eigenvalue weighted by molar-refractivity contribution is -0.460. The lowest BCUT2D eigenvalue weighted by Gasteiger charge is -2.42. The number of esters is 1. The van der Waals surface area contributed by atoms with Crippen LogP contribution in [-0.4, -0.2) is 53.6 Å². The Kier molecular flexibility index (Phi) is 7.38. The Bertz CT molecular complexity index is 805. The molecule has 0 amide bonds. The van der Waals surface area contributed by atoms with Gasteiger partial charge in [0.05, 0.1) is 0 Å². The molecule has 0 saturated heterocycles. The lowest BCUT2D eigenvalue weighted by atomic mass is 9.88. The van der Waals surface area contributed by atoms with Crippen LogP contribution in [0.15, 0.2) is 24.5 Å². The SMILES string of the molecule is C=C(C)C(=O)OC(=C)C(F)(F)C(F)(F)C(F)(F)C(F)(F)C(F)(F)C(F)(F)C(F)(F)C(F)(F)F. The van der Waals surface area contributed by atoms with Crippen LogP contribution in [0.2, 0.25) is 0 Å². The first-order chi connectivity index (χ1) is 14.0. The van der Waals surface area contributed by atoms with E-state index in [9.17, 15) is 79.4 Å². The molecule has 0 aliphatic rings. The van der Waals surface area contributed by atoms with Crippen LogP contribution < -0.4 is 0 Å². The molecule has 0 rings (SSSR count). The van der Waals surface area contributed by atoms with E-state index in [2.05, 4.69) is 11.3 Å². The van der Waals surface area contributed by atoms with Crippen molar-refractivity contribution in [2.75, 3.05) is 0 Å². The summed E-state index contributed by atoms with van der Waals surface area (Å²) in [6.07, 6.45) is -7.83. The molecular weight excluding hydrogens is 523 g/mol. The van der Waals surface area contributed by atoms with Crippen molar-refractivity contribution >= 4 is 5.97 Å². The van der Waals surface area contributed by atoms with Crippen LogP contribution in [-0.2, 0) is 9.53 Å². The van der Waals surface area contributed by atoms with E-state index in [1.807, 2.05) is 0 Å². The summed E-state index contributed by atoms with van der Waals surface area (Å²) in [5.74, 6) is -63.1. The van der Waals surface area contributed by atoms with Gasteiger partial charge in [-0.3, -0.25) is 0 Å². The molecule has 0 heterocycles. The van der Waals surface area contributed by atoms with Gasteiger partial charge in [0.15, 0.2) is 5.76 Å². The van der Waals surface area contributed by atoms with E-state index in [0.29, 0.717) is 6.92 Å². The highest BCUT2D eigenvalue weighted by Crippen LogP contribution is 2.64. The number of allylic oxidation sites excluding steroid dienone is 1. The van der Waals surface area contributed by atoms with Gasteiger partial charge in [0.25, 0.3) is 0 Å². The Labute approximate surface area is 170 Å². The largest absolute Gasteiger partial charge is 0.460 e. The van der Waals surface area contributed by atoms with Gasteiger partial charge in [-0.1, -0.05) is 13.2 Å². The van der Waals surface area contributed by atoms with Crippen LogP contribution in [0.3, 0.4) is 0 Å². The molecule has 0 aromatic rings. The monoisotopic (exact) mass is 530 g/mol. The molecule has 0 fully saturated rings. The second kappa shape index (κ2) is 7.92. The summed E-state index contributed by atoms with van der Waals surface area (Å²) in [5, 5.41) is 0. The summed E-state index contributed by atoms with van der Waals surface area (Å²) in [6.45, 7) is 5.10. The Hall–Kier alpha value is -2.24. The maximum absolute atomic E-state index is 13.6. The predicted molar refractivity (Wildman–Crippen MR) is 70.7 cm³/mol. The van der Waals surface area contributed by atoms with E-state index in [0.717, 1.165) is 0 Å². The minimum atomic E-state index is -8.74. The molecule has 0 spiro atoms. The van der Waals surface area contributed by atoms with Crippen LogP contribution in [0, 0.1) is 0 Å². The second-order valence-electron chi connectivity index (χ2n) is 6.11. The molecule has 0 atom stereocenters. The molecule has 0 saturated carbocycles. The van der Waals surface area contributed by atoms with Crippen LogP contribution in [0.4, 0.5) is 74.6 Å². The van der Waals surface area contributed by atoms with Crippen molar-refractivity contribution in [1.29, 1.82) is 0 Å². The molecule has 0 radical (unpaired) electrons. The van der Waals surface area contributed by atoms with Crippen molar-refractivity contribution in [2.24, 2.45) is 0 Å². The molecule has 0 aliphatic heterocycles. The van der Waals surface area contributed by atoms with Crippen LogP contribution in [0.5, 0.6) is 0 Å². The molecular formula is C14H7F17O2. The first-order valence-corrected chi connectivity index (χ1v) is 7.28. The number of alkyl halides is 17. The molecule has 0 aromatic heterocycles. The standard InChI is InChI=1S/C14H7F17O2/c1-4(2)6(32)33-5(3)7(15,16)8(17,18)9(19,20)10(21,22)11(23,24)12(25,26)13(27,28)14(29,30)31/h1,3H2,2H3. The van der Waals surface area contributed by atoms with E-state index in [1.54, 1.807) is 6.58 Å². The third kappa shape index (κ3) is 4.10. The minimum absolute atomic E-state index is 0.623. The zero-order valence-electron chi connectivity index (χ0n) is 15.2. The molecule has 0 bridgehead atoms. The van der Waals surface area contributed by atoms with Crippen molar-refractivity contribution in [3.05, 3.63) is 24.5 Å². The van der Waals surface area contributed by atoms with Crippen molar-refractivity contribution in [3.63, 3.8) is 0 Å². The molecule has 0 aliphatic carbocycles. The smallest absolute Gasteiger partial charge is 0.422 e. The second-order valence-corrected chi connectivity index (χ2v) is 6.11. The first-order valence-electron chi connectivity index (χ1n) is 7.28. The number of hydrogen-bond donors (Lipinski definition) is 0. The number of hydrogen-bond acceptors (Lipinski definition) is 2. The minimum Gasteiger partial charge on any atom is -0.422 e. The van der Waals surface area contributed by atoms with Crippen molar-refractivity contribution in [1.82, 2.24) is 0 Å². The van der Waals surface area contributed by atoms with E-state index in [1.165, 1.54) is 0 Å². The Morgan fingerprint density at radius 1 is 0.545 bits per heavy atom. The van der Waals surface area contributed by atoms with Gasteiger partial charge >= 0.3 is 53.6 Å². The van der Waals surface area contributed by atoms with Gasteiger partial charge in [-0.05, 0) is 6.92 Å². The fourth-order valence-electron chi connectivity index (χ4n) is 1.60. The zero-order valence-corrected chi connectivity index (χ0v) is 15.2. The van der Waals surface area contributed by atoms with Crippen LogP contribution >= 0.6 is 0 Å². The fraction of sp³-hybridized carbons (Fsp3) is 0.643. The molecule has 33 heavy (non-hydrogen) atoms. The van der Waals surface area contributed by atoms with Crippen molar-refractivity contribution < 1.29 is 84.2 Å². The predicted octanol–water partition coefficient (Wildman–Crippen LogP) is 6.63. The fourth-order valence-corrected chi connectivity index (χ4v) is 1.60. The Morgan fingerprint density at radius 2 is 0.818 bits per heavy atom. The Morgan fingerprint density at radius 3 is 1.09 bits per heavy atom. The highest BCUT2D eigenvalue weighted by molar-refractivity contribution is 5.87. The van der Waals surface area contributed by atoms with Gasteiger partial charge in [-0.2, -0.15) is 74.6 Å². The van der Waals surface area contributed by atoms with Gasteiger partial charge in [0.1, 0.15) is 0 Å². The van der Waals surface area contributed by atoms with Crippen LogP contribution in [0.25, 0.3) is 0 Å². The summed E-state index contributed by atoms with van der Waals surface area (Å²) in [7, 11) is 0. The van der Waals surface area contributed by atoms with E-state index in [-0.39, 0.29) is 0 Å². The molecule has 19 heteroatoms. The normalized spacial score (nSPS) is 15.3. The summed E-state index contributed by atoms with van der Waals surface area (Å²) in [6, 6.07) is 0. The van der Waals surface area contributed by atoms with E-state index < -0.39 is 64.9 Å². The van der Waals surface area contributed by atoms with Gasteiger partial charge < -0.3 is 4.74 Å². The van der Waals surface area contributed by atoms with Crippen molar-refractivity contribution in [3.8, 4) is 0 Å². The van der Waals surface area contributed by atoms with Gasteiger partial charge in [0, 0.05) is 5.57 Å². The van der Waals surface area contributed by atoms with Gasteiger partial charge in [-0.15, -0.1) is 0 Å². The number of ether oxygens (including phenoxy) is 1. The highest BCUT2D eigenvalue weighted by Gasteiger charge is 2.95. The topological polar surface area (TPSA) is 26.3 Å². The number of rotatable bonds is 9. The quantitative estimate of drug-likeness (QED) is 0.145. The molecule has 0 N–H and O–H groups in total. The lowest BCUT2D eigenvalue weighted by Crippen LogP contribution is -2.74. The van der Waals surface area contributed by atoms with E-state index in [4.69, 9.17) is 0 Å². The third-order valence-corrected chi connectivity index (χ3v) is 3.64. The summed E-state index contributed by atoms with van der Waals surface area (Å²) >= 11 is 0. The summed E-state index contributed by atoms with van der Waals surface area (Å²) in [5.41, 5.74) is -0.937. The van der Waals surface area contributed by atoms with Gasteiger partial charge in [-0.25, -0.2) is 4.79 Å². The van der Waals surface area contributed by atoms with Crippen molar-refractivity contribution in [2.45, 2.75) is 54.6 Å². The number of halogens is 17. The average molecular weight is 530 g/mol. The van der Waals surface area contributed by atoms with E-state index >= 15 is 0 Å². The average Bonchev–Trinajstić information content (AvgIpc) is 2.59. The molecule has 0 unspecified atom stereocenters.